The number of ether oxygens (including phenoxy) is 3. The van der Waals surface area contributed by atoms with Crippen molar-refractivity contribution in [2.24, 2.45) is 0 Å². The smallest absolute Gasteiger partial charge is 0.338 e. The number of hydrogen-bond donors (Lipinski definition) is 0. The van der Waals surface area contributed by atoms with Gasteiger partial charge in [0, 0.05) is 11.6 Å². The zero-order valence-electron chi connectivity index (χ0n) is 14.3. The molecule has 0 aliphatic heterocycles. The summed E-state index contributed by atoms with van der Waals surface area (Å²) in [5.74, 6) is 0.0469. The first kappa shape index (κ1) is 19.7. The first-order chi connectivity index (χ1) is 11.8. The van der Waals surface area contributed by atoms with Crippen molar-refractivity contribution < 1.29 is 23.8 Å². The van der Waals surface area contributed by atoms with Crippen LogP contribution < -0.4 is 9.47 Å². The Morgan fingerprint density at radius 2 is 1.40 bits per heavy atom. The van der Waals surface area contributed by atoms with Gasteiger partial charge in [0.05, 0.1) is 7.11 Å². The molecule has 5 nitrogen and oxygen atoms in total. The van der Waals surface area contributed by atoms with Crippen molar-refractivity contribution >= 4 is 11.9 Å². The van der Waals surface area contributed by atoms with Gasteiger partial charge in [-0.1, -0.05) is 25.8 Å². The Labute approximate surface area is 147 Å². The summed E-state index contributed by atoms with van der Waals surface area (Å²) in [6.07, 6.45) is 6.03. The molecular weight excluding hydrogens is 320 g/mol. The molecule has 0 atom stereocenters. The minimum atomic E-state index is -0.563. The molecule has 0 amide bonds. The highest BCUT2D eigenvalue weighted by atomic mass is 16.5. The largest absolute Gasteiger partial charge is 0.497 e. The Balaban J connectivity index is 2.57. The standard InChI is InChI=1S/C20H20O5/c1-14(2)20(22)25-18-11-9-17(10-12-18)24-19(21)13-7-15(3)6-8-16(4)23-5/h6-13H,1,3-4H2,2,5H3/b8-6-,13-7+. The van der Waals surface area contributed by atoms with E-state index in [4.69, 9.17) is 14.2 Å². The van der Waals surface area contributed by atoms with Crippen molar-refractivity contribution in [3.8, 4) is 11.5 Å². The van der Waals surface area contributed by atoms with Crippen molar-refractivity contribution in [2.45, 2.75) is 6.92 Å². The van der Waals surface area contributed by atoms with E-state index in [1.807, 2.05) is 0 Å². The molecule has 130 valence electrons. The first-order valence-corrected chi connectivity index (χ1v) is 7.29. The SMILES string of the molecule is C=C(/C=C\C(=C)OC)/C=C/C(=O)Oc1ccc(OC(=O)C(=C)C)cc1. The quantitative estimate of drug-likeness (QED) is 0.236. The van der Waals surface area contributed by atoms with Crippen LogP contribution in [-0.4, -0.2) is 19.0 Å². The normalized spacial score (nSPS) is 10.5. The Hall–Kier alpha value is -3.34. The molecule has 0 aliphatic carbocycles. The maximum atomic E-state index is 11.7. The fourth-order valence-electron chi connectivity index (χ4n) is 1.42. The molecule has 0 saturated carbocycles. The lowest BCUT2D eigenvalue weighted by Crippen LogP contribution is -2.08. The molecule has 5 heteroatoms. The van der Waals surface area contributed by atoms with Crippen LogP contribution in [0.1, 0.15) is 6.92 Å². The van der Waals surface area contributed by atoms with Crippen LogP contribution in [0, 0.1) is 0 Å². The molecule has 1 aromatic carbocycles. The van der Waals surface area contributed by atoms with Crippen LogP contribution in [0.2, 0.25) is 0 Å². The summed E-state index contributed by atoms with van der Waals surface area (Å²) in [4.78, 5) is 23.1. The molecule has 0 N–H and O–H groups in total. The summed E-state index contributed by atoms with van der Waals surface area (Å²) >= 11 is 0. The van der Waals surface area contributed by atoms with Gasteiger partial charge in [0.1, 0.15) is 17.3 Å². The summed E-state index contributed by atoms with van der Waals surface area (Å²) in [5, 5.41) is 0. The van der Waals surface area contributed by atoms with Gasteiger partial charge in [-0.2, -0.15) is 0 Å². The molecule has 1 aromatic rings. The second kappa shape index (κ2) is 9.72. The van der Waals surface area contributed by atoms with E-state index in [9.17, 15) is 9.59 Å². The van der Waals surface area contributed by atoms with Gasteiger partial charge in [-0.05, 0) is 48.9 Å². The van der Waals surface area contributed by atoms with Crippen molar-refractivity contribution in [2.75, 3.05) is 7.11 Å². The summed E-state index contributed by atoms with van der Waals surface area (Å²) in [6.45, 7) is 12.4. The molecule has 0 saturated heterocycles. The number of carbonyl (C=O) groups excluding carboxylic acids is 2. The summed E-state index contributed by atoms with van der Waals surface area (Å²) < 4.78 is 15.0. The van der Waals surface area contributed by atoms with Crippen molar-refractivity contribution in [3.63, 3.8) is 0 Å². The Morgan fingerprint density at radius 3 is 1.92 bits per heavy atom. The molecule has 0 unspecified atom stereocenters. The topological polar surface area (TPSA) is 61.8 Å². The maximum absolute atomic E-state index is 11.7. The zero-order chi connectivity index (χ0) is 18.8. The van der Waals surface area contributed by atoms with Crippen LogP contribution in [-0.2, 0) is 14.3 Å². The third-order valence-corrected chi connectivity index (χ3v) is 2.78. The average Bonchev–Trinajstić information content (AvgIpc) is 2.59. The molecule has 1 rings (SSSR count). The number of rotatable bonds is 8. The molecule has 0 aromatic heterocycles. The highest BCUT2D eigenvalue weighted by molar-refractivity contribution is 5.88. The molecule has 0 heterocycles. The second-order valence-corrected chi connectivity index (χ2v) is 4.97. The van der Waals surface area contributed by atoms with E-state index >= 15 is 0 Å². The predicted molar refractivity (Wildman–Crippen MR) is 96.1 cm³/mol. The van der Waals surface area contributed by atoms with Gasteiger partial charge < -0.3 is 14.2 Å². The van der Waals surface area contributed by atoms with E-state index in [1.54, 1.807) is 19.1 Å². The van der Waals surface area contributed by atoms with Crippen LogP contribution in [0.15, 0.2) is 85.2 Å². The second-order valence-electron chi connectivity index (χ2n) is 4.97. The molecule has 0 fully saturated rings. The van der Waals surface area contributed by atoms with Crippen LogP contribution in [0.4, 0.5) is 0 Å². The summed E-state index contributed by atoms with van der Waals surface area (Å²) in [6, 6.07) is 6.07. The summed E-state index contributed by atoms with van der Waals surface area (Å²) in [7, 11) is 1.51. The van der Waals surface area contributed by atoms with E-state index in [1.165, 1.54) is 43.5 Å². The van der Waals surface area contributed by atoms with Gasteiger partial charge in [-0.15, -0.1) is 0 Å². The van der Waals surface area contributed by atoms with Crippen molar-refractivity contribution in [3.05, 3.63) is 85.2 Å². The minimum absolute atomic E-state index is 0.295. The number of carbonyl (C=O) groups is 2. The molecule has 0 bridgehead atoms. The van der Waals surface area contributed by atoms with Gasteiger partial charge in [0.15, 0.2) is 0 Å². The molecule has 0 spiro atoms. The lowest BCUT2D eigenvalue weighted by atomic mass is 10.2. The number of methoxy groups -OCH3 is 1. The third kappa shape index (κ3) is 7.65. The fraction of sp³-hybridized carbons (Fsp3) is 0.100. The van der Waals surface area contributed by atoms with Gasteiger partial charge in [-0.3, -0.25) is 0 Å². The number of esters is 2. The summed E-state index contributed by atoms with van der Waals surface area (Å²) in [5.41, 5.74) is 0.876. The minimum Gasteiger partial charge on any atom is -0.497 e. The number of hydrogen-bond acceptors (Lipinski definition) is 5. The van der Waals surface area contributed by atoms with Crippen LogP contribution >= 0.6 is 0 Å². The zero-order valence-corrected chi connectivity index (χ0v) is 14.3. The Morgan fingerprint density at radius 1 is 0.880 bits per heavy atom. The number of allylic oxidation sites excluding steroid dienone is 4. The van der Waals surface area contributed by atoms with Crippen LogP contribution in [0.3, 0.4) is 0 Å². The maximum Gasteiger partial charge on any atom is 0.338 e. The van der Waals surface area contributed by atoms with E-state index in [2.05, 4.69) is 19.7 Å². The fourth-order valence-corrected chi connectivity index (χ4v) is 1.42. The lowest BCUT2D eigenvalue weighted by Gasteiger charge is -2.05. The van der Waals surface area contributed by atoms with Gasteiger partial charge in [0.2, 0.25) is 0 Å². The molecule has 0 aliphatic rings. The van der Waals surface area contributed by atoms with Gasteiger partial charge in [0.25, 0.3) is 0 Å². The van der Waals surface area contributed by atoms with Crippen molar-refractivity contribution in [1.29, 1.82) is 0 Å². The highest BCUT2D eigenvalue weighted by Crippen LogP contribution is 2.18. The third-order valence-electron chi connectivity index (χ3n) is 2.78. The number of benzene rings is 1. The lowest BCUT2D eigenvalue weighted by molar-refractivity contribution is -0.130. The van der Waals surface area contributed by atoms with Gasteiger partial charge in [-0.25, -0.2) is 9.59 Å². The monoisotopic (exact) mass is 340 g/mol. The average molecular weight is 340 g/mol. The van der Waals surface area contributed by atoms with Crippen LogP contribution in [0.5, 0.6) is 11.5 Å². The molecule has 25 heavy (non-hydrogen) atoms. The molecular formula is C20H20O5. The molecule has 0 radical (unpaired) electrons. The Kier molecular flexibility index (Phi) is 7.66. The van der Waals surface area contributed by atoms with E-state index in [0.717, 1.165) is 0 Å². The van der Waals surface area contributed by atoms with E-state index in [0.29, 0.717) is 28.4 Å². The first-order valence-electron chi connectivity index (χ1n) is 7.29. The van der Waals surface area contributed by atoms with Crippen molar-refractivity contribution in [1.82, 2.24) is 0 Å². The van der Waals surface area contributed by atoms with Crippen LogP contribution in [0.25, 0.3) is 0 Å². The van der Waals surface area contributed by atoms with E-state index < -0.39 is 11.9 Å². The predicted octanol–water partition coefficient (Wildman–Crippen LogP) is 3.90. The Bertz CT molecular complexity index is 736. The van der Waals surface area contributed by atoms with Gasteiger partial charge >= 0.3 is 11.9 Å². The van der Waals surface area contributed by atoms with E-state index in [-0.39, 0.29) is 0 Å². The highest BCUT2D eigenvalue weighted by Gasteiger charge is 2.06.